The van der Waals surface area contributed by atoms with E-state index in [0.29, 0.717) is 18.6 Å². The molecule has 0 heterocycles. The van der Waals surface area contributed by atoms with Gasteiger partial charge in [0, 0.05) is 6.42 Å². The molecule has 0 spiro atoms. The molecule has 24 heavy (non-hydrogen) atoms. The Morgan fingerprint density at radius 1 is 1.08 bits per heavy atom. The predicted octanol–water partition coefficient (Wildman–Crippen LogP) is 4.47. The quantitative estimate of drug-likeness (QED) is 0.604. The maximum absolute atomic E-state index is 11.8. The molecular weight excluding hydrogens is 300 g/mol. The highest BCUT2D eigenvalue weighted by Gasteiger charge is 2.05. The van der Waals surface area contributed by atoms with E-state index >= 15 is 0 Å². The van der Waals surface area contributed by atoms with Gasteiger partial charge in [0.1, 0.15) is 0 Å². The van der Waals surface area contributed by atoms with Gasteiger partial charge < -0.3 is 9.84 Å². The number of esters is 1. The monoisotopic (exact) mass is 322 g/mol. The van der Waals surface area contributed by atoms with E-state index in [1.54, 1.807) is 18.2 Å². The minimum Gasteiger partial charge on any atom is -0.462 e. The first-order valence-corrected chi connectivity index (χ1v) is 7.96. The van der Waals surface area contributed by atoms with Gasteiger partial charge in [0.2, 0.25) is 0 Å². The number of hydrogen-bond acceptors (Lipinski definition) is 3. The summed E-state index contributed by atoms with van der Waals surface area (Å²) in [7, 11) is 0. The van der Waals surface area contributed by atoms with Gasteiger partial charge in [0.15, 0.2) is 0 Å². The molecule has 2 rings (SSSR count). The van der Waals surface area contributed by atoms with Crippen LogP contribution in [0.25, 0.3) is 0 Å². The zero-order valence-corrected chi connectivity index (χ0v) is 13.8. The first-order chi connectivity index (χ1) is 11.7. The fraction of sp³-hybridized carbons (Fsp3) is 0.190. The van der Waals surface area contributed by atoms with E-state index in [9.17, 15) is 9.90 Å². The van der Waals surface area contributed by atoms with Gasteiger partial charge in [-0.3, -0.25) is 0 Å². The molecule has 3 heteroatoms. The van der Waals surface area contributed by atoms with Crippen LogP contribution < -0.4 is 0 Å². The summed E-state index contributed by atoms with van der Waals surface area (Å²) in [6, 6.07) is 18.4. The number of rotatable bonds is 7. The molecule has 0 aliphatic rings. The van der Waals surface area contributed by atoms with Crippen LogP contribution in [-0.4, -0.2) is 17.7 Å². The number of allylic oxidation sites excluding steroid dienone is 2. The second-order valence-electron chi connectivity index (χ2n) is 5.51. The molecule has 3 nitrogen and oxygen atoms in total. The lowest BCUT2D eigenvalue weighted by Gasteiger charge is -2.05. The largest absolute Gasteiger partial charge is 0.462 e. The van der Waals surface area contributed by atoms with Crippen molar-refractivity contribution >= 4 is 5.97 Å². The van der Waals surface area contributed by atoms with Crippen LogP contribution in [0, 0.1) is 0 Å². The number of hydrogen-bond donors (Lipinski definition) is 1. The number of aliphatic hydroxyl groups excluding tert-OH is 1. The third-order valence-electron chi connectivity index (χ3n) is 3.55. The van der Waals surface area contributed by atoms with Crippen LogP contribution in [0.3, 0.4) is 0 Å². The summed E-state index contributed by atoms with van der Waals surface area (Å²) < 4.78 is 5.24. The summed E-state index contributed by atoms with van der Waals surface area (Å²) in [4.78, 5) is 11.8. The maximum atomic E-state index is 11.8. The summed E-state index contributed by atoms with van der Waals surface area (Å²) in [6.45, 7) is 2.31. The van der Waals surface area contributed by atoms with Crippen LogP contribution in [0.4, 0.5) is 0 Å². The van der Waals surface area contributed by atoms with E-state index in [1.807, 2.05) is 67.6 Å². The van der Waals surface area contributed by atoms with E-state index in [4.69, 9.17) is 4.74 Å². The Balaban J connectivity index is 1.76. The van der Waals surface area contributed by atoms with Crippen molar-refractivity contribution in [3.8, 4) is 0 Å². The van der Waals surface area contributed by atoms with Crippen LogP contribution in [0.1, 0.15) is 35.4 Å². The van der Waals surface area contributed by atoms with Crippen molar-refractivity contribution in [1.29, 1.82) is 0 Å². The van der Waals surface area contributed by atoms with E-state index in [2.05, 4.69) is 0 Å². The lowest BCUT2D eigenvalue weighted by Crippen LogP contribution is -2.06. The Hall–Kier alpha value is -2.65. The van der Waals surface area contributed by atoms with E-state index in [0.717, 1.165) is 11.1 Å². The van der Waals surface area contributed by atoms with Crippen molar-refractivity contribution in [1.82, 2.24) is 0 Å². The van der Waals surface area contributed by atoms with Crippen LogP contribution in [0.5, 0.6) is 0 Å². The van der Waals surface area contributed by atoms with Gasteiger partial charge in [-0.05, 0) is 24.6 Å². The standard InChI is InChI=1S/C21H22O3/c1-17(9-8-14-20(22)18-10-4-2-5-11-18)15-16-24-21(23)19-12-6-3-7-13-19/h2-14,20,22H,15-16H2,1H3/b14-8+,17-9+. The molecule has 0 aliphatic carbocycles. The van der Waals surface area contributed by atoms with E-state index in [1.165, 1.54) is 0 Å². The highest BCUT2D eigenvalue weighted by molar-refractivity contribution is 5.89. The molecule has 2 aromatic rings. The number of benzene rings is 2. The van der Waals surface area contributed by atoms with Crippen molar-refractivity contribution in [3.63, 3.8) is 0 Å². The third kappa shape index (κ3) is 5.86. The molecule has 1 unspecified atom stereocenters. The summed E-state index contributed by atoms with van der Waals surface area (Å²) in [5, 5.41) is 10.0. The van der Waals surface area contributed by atoms with Gasteiger partial charge in [-0.2, -0.15) is 0 Å². The number of ether oxygens (including phenoxy) is 1. The first kappa shape index (κ1) is 17.7. The van der Waals surface area contributed by atoms with Gasteiger partial charge in [-0.1, -0.05) is 72.3 Å². The molecule has 0 amide bonds. The second-order valence-corrected chi connectivity index (χ2v) is 5.51. The Labute approximate surface area is 142 Å². The average molecular weight is 322 g/mol. The minimum absolute atomic E-state index is 0.307. The smallest absolute Gasteiger partial charge is 0.338 e. The van der Waals surface area contributed by atoms with E-state index in [-0.39, 0.29) is 5.97 Å². The zero-order chi connectivity index (χ0) is 17.2. The fourth-order valence-electron chi connectivity index (χ4n) is 2.13. The normalized spacial score (nSPS) is 13.0. The van der Waals surface area contributed by atoms with Crippen molar-refractivity contribution in [3.05, 3.63) is 95.6 Å². The topological polar surface area (TPSA) is 46.5 Å². The average Bonchev–Trinajstić information content (AvgIpc) is 2.63. The van der Waals surface area contributed by atoms with Gasteiger partial charge in [-0.15, -0.1) is 0 Å². The highest BCUT2D eigenvalue weighted by atomic mass is 16.5. The summed E-state index contributed by atoms with van der Waals surface area (Å²) in [6.07, 6.45) is 5.51. The Bertz CT molecular complexity index is 688. The van der Waals surface area contributed by atoms with Gasteiger partial charge in [-0.25, -0.2) is 4.79 Å². The van der Waals surface area contributed by atoms with Crippen molar-refractivity contribution in [2.75, 3.05) is 6.61 Å². The van der Waals surface area contributed by atoms with Gasteiger partial charge >= 0.3 is 5.97 Å². The highest BCUT2D eigenvalue weighted by Crippen LogP contribution is 2.13. The molecule has 2 aromatic carbocycles. The Kier molecular flexibility index (Phi) is 6.99. The van der Waals surface area contributed by atoms with Crippen molar-refractivity contribution in [2.45, 2.75) is 19.4 Å². The summed E-state index contributed by atoms with van der Waals surface area (Å²) in [5.74, 6) is -0.307. The Morgan fingerprint density at radius 3 is 2.38 bits per heavy atom. The third-order valence-corrected chi connectivity index (χ3v) is 3.55. The van der Waals surface area contributed by atoms with Crippen molar-refractivity contribution < 1.29 is 14.6 Å². The first-order valence-electron chi connectivity index (χ1n) is 7.96. The molecule has 0 radical (unpaired) electrons. The van der Waals surface area contributed by atoms with E-state index < -0.39 is 6.10 Å². The number of carbonyl (C=O) groups excluding carboxylic acids is 1. The molecule has 1 N–H and O–H groups in total. The molecule has 0 fully saturated rings. The lowest BCUT2D eigenvalue weighted by atomic mass is 10.1. The van der Waals surface area contributed by atoms with Crippen LogP contribution in [0.15, 0.2) is 84.5 Å². The zero-order valence-electron chi connectivity index (χ0n) is 13.8. The Morgan fingerprint density at radius 2 is 1.71 bits per heavy atom. The van der Waals surface area contributed by atoms with Crippen LogP contribution >= 0.6 is 0 Å². The molecule has 0 saturated carbocycles. The molecular formula is C21H22O3. The molecule has 0 bridgehead atoms. The predicted molar refractivity (Wildman–Crippen MR) is 95.6 cm³/mol. The maximum Gasteiger partial charge on any atom is 0.338 e. The van der Waals surface area contributed by atoms with Crippen molar-refractivity contribution in [2.24, 2.45) is 0 Å². The SMILES string of the molecule is C/C(=C\C=C\C(O)c1ccccc1)CCOC(=O)c1ccccc1. The van der Waals surface area contributed by atoms with Gasteiger partial charge in [0.05, 0.1) is 18.3 Å². The van der Waals surface area contributed by atoms with Crippen LogP contribution in [0.2, 0.25) is 0 Å². The summed E-state index contributed by atoms with van der Waals surface area (Å²) in [5.41, 5.74) is 2.49. The molecule has 0 aromatic heterocycles. The second kappa shape index (κ2) is 9.48. The fourth-order valence-corrected chi connectivity index (χ4v) is 2.13. The van der Waals surface area contributed by atoms with Gasteiger partial charge in [0.25, 0.3) is 0 Å². The number of carbonyl (C=O) groups is 1. The molecule has 124 valence electrons. The molecule has 0 saturated heterocycles. The minimum atomic E-state index is -0.619. The summed E-state index contributed by atoms with van der Waals surface area (Å²) >= 11 is 0. The number of aliphatic hydroxyl groups is 1. The molecule has 1 atom stereocenters. The van der Waals surface area contributed by atoms with Crippen LogP contribution in [-0.2, 0) is 4.74 Å². The lowest BCUT2D eigenvalue weighted by molar-refractivity contribution is 0.0509. The molecule has 0 aliphatic heterocycles.